The zero-order valence-corrected chi connectivity index (χ0v) is 11.7. The van der Waals surface area contributed by atoms with Crippen molar-refractivity contribution in [2.45, 2.75) is 58.2 Å². The number of aromatic nitrogens is 2. The smallest absolute Gasteiger partial charge is 0.0948 e. The second-order valence-electron chi connectivity index (χ2n) is 5.53. The number of nitrogens with zero attached hydrogens (tertiary/aromatic N) is 3. The van der Waals surface area contributed by atoms with Crippen LogP contribution in [0.5, 0.6) is 0 Å². The van der Waals surface area contributed by atoms with Crippen LogP contribution in [0.3, 0.4) is 0 Å². The van der Waals surface area contributed by atoms with Gasteiger partial charge in [0.25, 0.3) is 0 Å². The zero-order chi connectivity index (χ0) is 13.0. The molecule has 0 radical (unpaired) electrons. The van der Waals surface area contributed by atoms with Crippen molar-refractivity contribution in [3.8, 4) is 0 Å². The van der Waals surface area contributed by atoms with Crippen LogP contribution < -0.4 is 5.73 Å². The Balaban J connectivity index is 1.79. The van der Waals surface area contributed by atoms with E-state index in [2.05, 4.69) is 21.4 Å². The minimum atomic E-state index is 0.0708. The van der Waals surface area contributed by atoms with Gasteiger partial charge in [-0.05, 0) is 39.7 Å². The molecule has 4 heteroatoms. The lowest BCUT2D eigenvalue weighted by Gasteiger charge is -2.33. The van der Waals surface area contributed by atoms with Crippen LogP contribution >= 0.6 is 0 Å². The van der Waals surface area contributed by atoms with E-state index in [1.165, 1.54) is 38.8 Å². The first-order chi connectivity index (χ1) is 8.68. The van der Waals surface area contributed by atoms with E-state index < -0.39 is 0 Å². The molecule has 2 atom stereocenters. The number of aryl methyl sites for hydroxylation is 1. The molecule has 4 nitrogen and oxygen atoms in total. The summed E-state index contributed by atoms with van der Waals surface area (Å²) in [5.74, 6) is 0. The van der Waals surface area contributed by atoms with Crippen molar-refractivity contribution < 1.29 is 0 Å². The summed E-state index contributed by atoms with van der Waals surface area (Å²) in [5.41, 5.74) is 7.06. The molecule has 2 rings (SSSR count). The standard InChI is InChI=1S/C14H26N4/c1-12-6-3-4-7-17(12)8-5-9-18-11-16-10-14(18)13(2)15/h10-13H,3-9,15H2,1-2H3. The second kappa shape index (κ2) is 6.34. The van der Waals surface area contributed by atoms with Gasteiger partial charge >= 0.3 is 0 Å². The summed E-state index contributed by atoms with van der Waals surface area (Å²) in [4.78, 5) is 6.81. The van der Waals surface area contributed by atoms with Gasteiger partial charge in [0.2, 0.25) is 0 Å². The highest BCUT2D eigenvalue weighted by Crippen LogP contribution is 2.17. The van der Waals surface area contributed by atoms with E-state index in [1.807, 2.05) is 19.4 Å². The number of hydrogen-bond donors (Lipinski definition) is 1. The van der Waals surface area contributed by atoms with Gasteiger partial charge in [-0.3, -0.25) is 0 Å². The van der Waals surface area contributed by atoms with Crippen LogP contribution in [0.15, 0.2) is 12.5 Å². The summed E-state index contributed by atoms with van der Waals surface area (Å²) < 4.78 is 2.19. The number of nitrogens with two attached hydrogens (primary N) is 1. The summed E-state index contributed by atoms with van der Waals surface area (Å²) >= 11 is 0. The number of rotatable bonds is 5. The summed E-state index contributed by atoms with van der Waals surface area (Å²) in [6.07, 6.45) is 9.08. The second-order valence-corrected chi connectivity index (χ2v) is 5.53. The van der Waals surface area contributed by atoms with E-state index >= 15 is 0 Å². The molecule has 18 heavy (non-hydrogen) atoms. The molecule has 2 N–H and O–H groups in total. The maximum absolute atomic E-state index is 5.92. The van der Waals surface area contributed by atoms with E-state index in [1.54, 1.807) is 0 Å². The normalized spacial score (nSPS) is 23.2. The van der Waals surface area contributed by atoms with Crippen LogP contribution in [-0.4, -0.2) is 33.6 Å². The van der Waals surface area contributed by atoms with Crippen molar-refractivity contribution in [3.05, 3.63) is 18.2 Å². The predicted octanol–water partition coefficient (Wildman–Crippen LogP) is 2.17. The summed E-state index contributed by atoms with van der Waals surface area (Å²) in [6.45, 7) is 7.85. The summed E-state index contributed by atoms with van der Waals surface area (Å²) in [5, 5.41) is 0. The topological polar surface area (TPSA) is 47.1 Å². The van der Waals surface area contributed by atoms with Crippen LogP contribution in [0, 0.1) is 0 Å². The third-order valence-corrected chi connectivity index (χ3v) is 4.00. The fourth-order valence-corrected chi connectivity index (χ4v) is 2.83. The van der Waals surface area contributed by atoms with Crippen molar-refractivity contribution in [1.82, 2.24) is 14.5 Å². The largest absolute Gasteiger partial charge is 0.333 e. The first-order valence-corrected chi connectivity index (χ1v) is 7.18. The van der Waals surface area contributed by atoms with Crippen molar-refractivity contribution in [2.24, 2.45) is 5.73 Å². The van der Waals surface area contributed by atoms with E-state index in [9.17, 15) is 0 Å². The van der Waals surface area contributed by atoms with Crippen molar-refractivity contribution in [3.63, 3.8) is 0 Å². The maximum Gasteiger partial charge on any atom is 0.0948 e. The van der Waals surface area contributed by atoms with Crippen LogP contribution in [0.25, 0.3) is 0 Å². The lowest BCUT2D eigenvalue weighted by molar-refractivity contribution is 0.156. The monoisotopic (exact) mass is 250 g/mol. The number of hydrogen-bond acceptors (Lipinski definition) is 3. The maximum atomic E-state index is 5.92. The molecule has 2 heterocycles. The third kappa shape index (κ3) is 3.33. The molecule has 0 saturated carbocycles. The summed E-state index contributed by atoms with van der Waals surface area (Å²) in [6, 6.07) is 0.829. The average molecular weight is 250 g/mol. The molecule has 0 aromatic carbocycles. The number of likely N-dealkylation sites (tertiary alicyclic amines) is 1. The van der Waals surface area contributed by atoms with Gasteiger partial charge in [-0.2, -0.15) is 0 Å². The van der Waals surface area contributed by atoms with Gasteiger partial charge in [-0.25, -0.2) is 4.98 Å². The minimum Gasteiger partial charge on any atom is -0.333 e. The molecular formula is C14H26N4. The van der Waals surface area contributed by atoms with Crippen LogP contribution in [0.1, 0.15) is 51.3 Å². The molecule has 0 aliphatic carbocycles. The zero-order valence-electron chi connectivity index (χ0n) is 11.7. The Bertz CT molecular complexity index is 358. The molecule has 0 amide bonds. The van der Waals surface area contributed by atoms with E-state index in [-0.39, 0.29) is 6.04 Å². The van der Waals surface area contributed by atoms with Crippen LogP contribution in [-0.2, 0) is 6.54 Å². The van der Waals surface area contributed by atoms with E-state index in [0.29, 0.717) is 0 Å². The number of imidazole rings is 1. The van der Waals surface area contributed by atoms with Crippen LogP contribution in [0.2, 0.25) is 0 Å². The van der Waals surface area contributed by atoms with Gasteiger partial charge in [0.1, 0.15) is 0 Å². The Hall–Kier alpha value is -0.870. The van der Waals surface area contributed by atoms with Gasteiger partial charge in [-0.15, -0.1) is 0 Å². The molecule has 1 aliphatic rings. The molecule has 0 spiro atoms. The minimum absolute atomic E-state index is 0.0708. The lowest BCUT2D eigenvalue weighted by atomic mass is 10.0. The van der Waals surface area contributed by atoms with Gasteiger partial charge in [-0.1, -0.05) is 6.42 Å². The third-order valence-electron chi connectivity index (χ3n) is 4.00. The van der Waals surface area contributed by atoms with Gasteiger partial charge in [0.05, 0.1) is 12.0 Å². The van der Waals surface area contributed by atoms with Gasteiger partial charge in [0, 0.05) is 31.4 Å². The molecule has 102 valence electrons. The molecule has 1 aromatic rings. The van der Waals surface area contributed by atoms with Crippen molar-refractivity contribution in [1.29, 1.82) is 0 Å². The van der Waals surface area contributed by atoms with Gasteiger partial charge in [0.15, 0.2) is 0 Å². The van der Waals surface area contributed by atoms with Crippen molar-refractivity contribution >= 4 is 0 Å². The molecule has 1 aromatic heterocycles. The summed E-state index contributed by atoms with van der Waals surface area (Å²) in [7, 11) is 0. The fourth-order valence-electron chi connectivity index (χ4n) is 2.83. The average Bonchev–Trinajstić information content (AvgIpc) is 2.80. The first-order valence-electron chi connectivity index (χ1n) is 7.18. The molecular weight excluding hydrogens is 224 g/mol. The molecule has 1 fully saturated rings. The van der Waals surface area contributed by atoms with Crippen LogP contribution in [0.4, 0.5) is 0 Å². The molecule has 1 saturated heterocycles. The highest BCUT2D eigenvalue weighted by atomic mass is 15.2. The Kier molecular flexibility index (Phi) is 4.78. The Morgan fingerprint density at radius 3 is 3.00 bits per heavy atom. The number of piperidine rings is 1. The molecule has 2 unspecified atom stereocenters. The molecule has 1 aliphatic heterocycles. The SMILES string of the molecule is CC(N)c1cncn1CCCN1CCCCC1C. The van der Waals surface area contributed by atoms with Crippen molar-refractivity contribution in [2.75, 3.05) is 13.1 Å². The van der Waals surface area contributed by atoms with E-state index in [0.717, 1.165) is 18.3 Å². The Labute approximate surface area is 110 Å². The van der Waals surface area contributed by atoms with E-state index in [4.69, 9.17) is 5.73 Å². The highest BCUT2D eigenvalue weighted by Gasteiger charge is 2.17. The van der Waals surface area contributed by atoms with Gasteiger partial charge < -0.3 is 15.2 Å². The molecule has 0 bridgehead atoms. The Morgan fingerprint density at radius 1 is 1.44 bits per heavy atom. The lowest BCUT2D eigenvalue weighted by Crippen LogP contribution is -2.38. The first kappa shape index (κ1) is 13.6. The highest BCUT2D eigenvalue weighted by molar-refractivity contribution is 5.02. The quantitative estimate of drug-likeness (QED) is 0.871. The predicted molar refractivity (Wildman–Crippen MR) is 74.3 cm³/mol. The Morgan fingerprint density at radius 2 is 2.28 bits per heavy atom. The fraction of sp³-hybridized carbons (Fsp3) is 0.786.